The summed E-state index contributed by atoms with van der Waals surface area (Å²) in [6.45, 7) is 2.16. The average molecular weight is 366 g/mol. The number of anilines is 2. The summed E-state index contributed by atoms with van der Waals surface area (Å²) in [5.41, 5.74) is 6.00. The number of carbonyl (C=O) groups excluding carboxylic acids is 1. The molecule has 2 rings (SSSR count). The van der Waals surface area contributed by atoms with Gasteiger partial charge in [0.25, 0.3) is 0 Å². The van der Waals surface area contributed by atoms with Gasteiger partial charge in [0, 0.05) is 12.2 Å². The van der Waals surface area contributed by atoms with Gasteiger partial charge in [-0.15, -0.1) is 12.4 Å². The monoisotopic (exact) mass is 365 g/mol. The maximum absolute atomic E-state index is 13.9. The van der Waals surface area contributed by atoms with E-state index in [0.717, 1.165) is 16.8 Å². The fourth-order valence-electron chi connectivity index (χ4n) is 2.37. The minimum absolute atomic E-state index is 0. The molecule has 0 radical (unpaired) electrons. The Hall–Kier alpha value is -1.38. The molecule has 9 heteroatoms. The Bertz CT molecular complexity index is 669. The topological polar surface area (TPSA) is 92.5 Å². The van der Waals surface area contributed by atoms with Crippen LogP contribution in [0.1, 0.15) is 26.2 Å². The van der Waals surface area contributed by atoms with Gasteiger partial charge in [-0.05, 0) is 31.0 Å². The Morgan fingerprint density at radius 1 is 1.48 bits per heavy atom. The zero-order valence-corrected chi connectivity index (χ0v) is 14.4. The van der Waals surface area contributed by atoms with Crippen LogP contribution in [-0.2, 0) is 14.8 Å². The van der Waals surface area contributed by atoms with Crippen LogP contribution in [0, 0.1) is 5.82 Å². The van der Waals surface area contributed by atoms with Crippen molar-refractivity contribution in [2.45, 2.75) is 32.2 Å². The zero-order valence-electron chi connectivity index (χ0n) is 12.8. The van der Waals surface area contributed by atoms with Crippen LogP contribution in [0.3, 0.4) is 0 Å². The maximum atomic E-state index is 13.9. The van der Waals surface area contributed by atoms with E-state index in [1.165, 1.54) is 12.1 Å². The molecule has 0 spiro atoms. The van der Waals surface area contributed by atoms with Gasteiger partial charge in [0.2, 0.25) is 15.9 Å². The number of hydrogen-bond acceptors (Lipinski definition) is 4. The van der Waals surface area contributed by atoms with Gasteiger partial charge in [-0.3, -0.25) is 9.10 Å². The molecule has 6 nitrogen and oxygen atoms in total. The van der Waals surface area contributed by atoms with E-state index < -0.39 is 21.9 Å². The highest BCUT2D eigenvalue weighted by Crippen LogP contribution is 2.29. The number of nitrogens with zero attached hydrogens (tertiary/aromatic N) is 1. The van der Waals surface area contributed by atoms with Crippen molar-refractivity contribution in [3.63, 3.8) is 0 Å². The number of nitrogens with one attached hydrogen (secondary N) is 1. The molecule has 1 atom stereocenters. The number of amides is 1. The van der Waals surface area contributed by atoms with Gasteiger partial charge in [0.05, 0.1) is 17.5 Å². The third-order valence-corrected chi connectivity index (χ3v) is 5.37. The SMILES string of the molecule is CCCC(N)C(=O)Nc1ccc(F)c(N2CCCS2(=O)=O)c1.Cl. The van der Waals surface area contributed by atoms with Crippen molar-refractivity contribution >= 4 is 39.7 Å². The van der Waals surface area contributed by atoms with Crippen LogP contribution in [0.5, 0.6) is 0 Å². The molecule has 1 heterocycles. The molecule has 0 aliphatic carbocycles. The van der Waals surface area contributed by atoms with E-state index in [1.54, 1.807) is 0 Å². The number of halogens is 2. The van der Waals surface area contributed by atoms with Gasteiger partial charge >= 0.3 is 0 Å². The highest BCUT2D eigenvalue weighted by Gasteiger charge is 2.30. The molecule has 1 saturated heterocycles. The Kier molecular flexibility index (Phi) is 6.79. The summed E-state index contributed by atoms with van der Waals surface area (Å²) in [6, 6.07) is 3.21. The third kappa shape index (κ3) is 4.55. The lowest BCUT2D eigenvalue weighted by molar-refractivity contribution is -0.117. The fraction of sp³-hybridized carbons (Fsp3) is 0.500. The van der Waals surface area contributed by atoms with Crippen LogP contribution >= 0.6 is 12.4 Å². The van der Waals surface area contributed by atoms with E-state index in [0.29, 0.717) is 18.5 Å². The van der Waals surface area contributed by atoms with Gasteiger partial charge in [0.15, 0.2) is 0 Å². The van der Waals surface area contributed by atoms with E-state index in [4.69, 9.17) is 5.73 Å². The molecule has 1 aromatic rings. The summed E-state index contributed by atoms with van der Waals surface area (Å²) < 4.78 is 38.8. The molecule has 0 bridgehead atoms. The van der Waals surface area contributed by atoms with Crippen molar-refractivity contribution in [1.29, 1.82) is 0 Å². The van der Waals surface area contributed by atoms with Crippen molar-refractivity contribution in [3.8, 4) is 0 Å². The molecule has 1 unspecified atom stereocenters. The van der Waals surface area contributed by atoms with Crippen molar-refractivity contribution in [3.05, 3.63) is 24.0 Å². The predicted molar refractivity (Wildman–Crippen MR) is 90.9 cm³/mol. The average Bonchev–Trinajstić information content (AvgIpc) is 2.80. The molecule has 23 heavy (non-hydrogen) atoms. The van der Waals surface area contributed by atoms with Gasteiger partial charge in [-0.2, -0.15) is 0 Å². The van der Waals surface area contributed by atoms with Crippen molar-refractivity contribution < 1.29 is 17.6 Å². The number of hydrogen-bond donors (Lipinski definition) is 2. The minimum atomic E-state index is -3.48. The second kappa shape index (κ2) is 7.94. The van der Waals surface area contributed by atoms with Crippen LogP contribution in [0.25, 0.3) is 0 Å². The zero-order chi connectivity index (χ0) is 16.3. The number of benzene rings is 1. The first kappa shape index (κ1) is 19.7. The molecule has 0 saturated carbocycles. The second-order valence-corrected chi connectivity index (χ2v) is 7.31. The number of nitrogens with two attached hydrogens (primary N) is 1. The van der Waals surface area contributed by atoms with Crippen LogP contribution < -0.4 is 15.4 Å². The first-order chi connectivity index (χ1) is 10.3. The van der Waals surface area contributed by atoms with E-state index >= 15 is 0 Å². The molecule has 1 amide bonds. The van der Waals surface area contributed by atoms with Gasteiger partial charge in [0.1, 0.15) is 5.82 Å². The summed E-state index contributed by atoms with van der Waals surface area (Å²) in [4.78, 5) is 11.9. The van der Waals surface area contributed by atoms with E-state index in [-0.39, 0.29) is 36.3 Å². The lowest BCUT2D eigenvalue weighted by Crippen LogP contribution is -2.35. The van der Waals surface area contributed by atoms with E-state index in [9.17, 15) is 17.6 Å². The molecule has 130 valence electrons. The smallest absolute Gasteiger partial charge is 0.241 e. The lowest BCUT2D eigenvalue weighted by Gasteiger charge is -2.19. The fourth-order valence-corrected chi connectivity index (χ4v) is 3.93. The lowest BCUT2D eigenvalue weighted by atomic mass is 10.1. The van der Waals surface area contributed by atoms with Crippen molar-refractivity contribution in [2.75, 3.05) is 21.9 Å². The van der Waals surface area contributed by atoms with Gasteiger partial charge in [-0.1, -0.05) is 13.3 Å². The summed E-state index contributed by atoms with van der Waals surface area (Å²) in [5.74, 6) is -1.00. The summed E-state index contributed by atoms with van der Waals surface area (Å²) in [6.07, 6.45) is 1.77. The first-order valence-electron chi connectivity index (χ1n) is 7.21. The summed E-state index contributed by atoms with van der Waals surface area (Å²) >= 11 is 0. The van der Waals surface area contributed by atoms with Crippen LogP contribution in [-0.4, -0.2) is 32.7 Å². The van der Waals surface area contributed by atoms with Gasteiger partial charge in [-0.25, -0.2) is 12.8 Å². The molecule has 1 aromatic carbocycles. The largest absolute Gasteiger partial charge is 0.325 e. The Balaban J connectivity index is 0.00000264. The Morgan fingerprint density at radius 3 is 2.74 bits per heavy atom. The highest BCUT2D eigenvalue weighted by atomic mass is 35.5. The van der Waals surface area contributed by atoms with Crippen LogP contribution in [0.15, 0.2) is 18.2 Å². The molecular weight excluding hydrogens is 345 g/mol. The van der Waals surface area contributed by atoms with Crippen LogP contribution in [0.4, 0.5) is 15.8 Å². The van der Waals surface area contributed by atoms with Crippen LogP contribution in [0.2, 0.25) is 0 Å². The Labute approximate surface area is 141 Å². The number of rotatable bonds is 5. The van der Waals surface area contributed by atoms with E-state index in [1.807, 2.05) is 6.92 Å². The standard InChI is InChI=1S/C14H20FN3O3S.ClH/c1-2-4-12(16)14(19)17-10-5-6-11(15)13(9-10)18-7-3-8-22(18,20)21;/h5-6,9,12H,2-4,7-8,16H2,1H3,(H,17,19);1H. The van der Waals surface area contributed by atoms with Crippen molar-refractivity contribution in [2.24, 2.45) is 5.73 Å². The minimum Gasteiger partial charge on any atom is -0.325 e. The maximum Gasteiger partial charge on any atom is 0.241 e. The molecule has 0 aromatic heterocycles. The third-order valence-electron chi connectivity index (χ3n) is 3.52. The highest BCUT2D eigenvalue weighted by molar-refractivity contribution is 7.93. The predicted octanol–water partition coefficient (Wildman–Crippen LogP) is 1.85. The molecule has 3 N–H and O–H groups in total. The number of sulfonamides is 1. The first-order valence-corrected chi connectivity index (χ1v) is 8.82. The summed E-state index contributed by atoms with van der Waals surface area (Å²) in [5, 5.41) is 2.59. The molecule has 1 aliphatic heterocycles. The van der Waals surface area contributed by atoms with Gasteiger partial charge < -0.3 is 11.1 Å². The summed E-state index contributed by atoms with van der Waals surface area (Å²) in [7, 11) is -3.48. The molecular formula is C14H21ClFN3O3S. The normalized spacial score (nSPS) is 17.4. The molecule has 1 aliphatic rings. The van der Waals surface area contributed by atoms with Crippen molar-refractivity contribution in [1.82, 2.24) is 0 Å². The quantitative estimate of drug-likeness (QED) is 0.832. The second-order valence-electron chi connectivity index (χ2n) is 5.29. The number of carbonyl (C=O) groups is 1. The Morgan fingerprint density at radius 2 is 2.17 bits per heavy atom. The molecule has 1 fully saturated rings. The van der Waals surface area contributed by atoms with E-state index in [2.05, 4.69) is 5.32 Å².